The van der Waals surface area contributed by atoms with Crippen molar-refractivity contribution in [3.8, 4) is 17.6 Å². The predicted molar refractivity (Wildman–Crippen MR) is 118 cm³/mol. The summed E-state index contributed by atoms with van der Waals surface area (Å²) in [5, 5.41) is 2.51. The third kappa shape index (κ3) is 5.86. The summed E-state index contributed by atoms with van der Waals surface area (Å²) < 4.78 is 51.7. The first kappa shape index (κ1) is 23.1. The number of anilines is 1. The van der Waals surface area contributed by atoms with Crippen molar-refractivity contribution >= 4 is 12.1 Å². The summed E-state index contributed by atoms with van der Waals surface area (Å²) in [7, 11) is 0. The van der Waals surface area contributed by atoms with Crippen molar-refractivity contribution in [2.24, 2.45) is 5.41 Å². The number of amides is 1. The van der Waals surface area contributed by atoms with Crippen LogP contribution in [0.5, 0.6) is 5.75 Å². The summed E-state index contributed by atoms with van der Waals surface area (Å²) in [4.78, 5) is 12.8. The molecule has 1 amide bonds. The molecule has 0 radical (unpaired) electrons. The Morgan fingerprint density at radius 3 is 2.48 bits per heavy atom. The van der Waals surface area contributed by atoms with Gasteiger partial charge in [0.05, 0.1) is 25.4 Å². The monoisotopic (exact) mass is 458 g/mol. The summed E-state index contributed by atoms with van der Waals surface area (Å²) >= 11 is 0. The lowest BCUT2D eigenvalue weighted by Crippen LogP contribution is -2.44. The first-order valence-corrected chi connectivity index (χ1v) is 10.8. The molecule has 33 heavy (non-hydrogen) atoms. The Morgan fingerprint density at radius 2 is 1.85 bits per heavy atom. The lowest BCUT2D eigenvalue weighted by atomic mass is 9.85. The van der Waals surface area contributed by atoms with Crippen molar-refractivity contribution in [3.05, 3.63) is 59.2 Å². The maximum atomic E-state index is 13.6. The van der Waals surface area contributed by atoms with Crippen molar-refractivity contribution in [2.45, 2.75) is 19.0 Å². The molecule has 2 saturated heterocycles. The van der Waals surface area contributed by atoms with Gasteiger partial charge < -0.3 is 19.7 Å². The summed E-state index contributed by atoms with van der Waals surface area (Å²) in [6.45, 7) is 4.63. The highest BCUT2D eigenvalue weighted by Gasteiger charge is 2.44. The quantitative estimate of drug-likeness (QED) is 0.385. The SMILES string of the molecule is O=CNc1ccc(C#Cc2ccc(OCCCN3CCC4(COC4)C3)c(C(F)(F)F)c2)cc1. The van der Waals surface area contributed by atoms with Crippen molar-refractivity contribution in [1.29, 1.82) is 0 Å². The minimum Gasteiger partial charge on any atom is -0.493 e. The number of ether oxygens (including phenoxy) is 2. The van der Waals surface area contributed by atoms with E-state index in [4.69, 9.17) is 9.47 Å². The second kappa shape index (κ2) is 9.86. The van der Waals surface area contributed by atoms with E-state index in [-0.39, 0.29) is 17.9 Å². The Balaban J connectivity index is 1.36. The van der Waals surface area contributed by atoms with Crippen LogP contribution in [0.25, 0.3) is 0 Å². The third-order valence-electron chi connectivity index (χ3n) is 5.96. The molecule has 0 aromatic heterocycles. The van der Waals surface area contributed by atoms with Crippen molar-refractivity contribution < 1.29 is 27.4 Å². The number of hydrogen-bond acceptors (Lipinski definition) is 4. The fourth-order valence-electron chi connectivity index (χ4n) is 4.13. The van der Waals surface area contributed by atoms with Gasteiger partial charge in [-0.15, -0.1) is 0 Å². The van der Waals surface area contributed by atoms with Crippen molar-refractivity contribution in [3.63, 3.8) is 0 Å². The molecule has 1 N–H and O–H groups in total. The van der Waals surface area contributed by atoms with Gasteiger partial charge in [0.1, 0.15) is 5.75 Å². The zero-order valence-corrected chi connectivity index (χ0v) is 18.1. The standard InChI is InChI=1S/C25H25F3N2O3/c26-25(27,28)22-14-20(3-2-19-4-7-21(8-5-19)29-18-31)6-9-23(22)33-13-1-11-30-12-10-24(15-30)16-32-17-24/h4-9,14,18H,1,10-13,15-17H2,(H,29,31). The van der Waals surface area contributed by atoms with Gasteiger partial charge in [-0.25, -0.2) is 0 Å². The Morgan fingerprint density at radius 1 is 1.12 bits per heavy atom. The summed E-state index contributed by atoms with van der Waals surface area (Å²) in [6.07, 6.45) is -2.20. The summed E-state index contributed by atoms with van der Waals surface area (Å²) in [6, 6.07) is 10.6. The fourth-order valence-corrected chi connectivity index (χ4v) is 4.13. The molecule has 2 aromatic rings. The van der Waals surface area contributed by atoms with E-state index in [1.807, 2.05) is 0 Å². The van der Waals surface area contributed by atoms with E-state index in [1.54, 1.807) is 24.3 Å². The molecule has 4 rings (SSSR count). The first-order chi connectivity index (χ1) is 15.9. The first-order valence-electron chi connectivity index (χ1n) is 10.8. The van der Waals surface area contributed by atoms with Crippen LogP contribution in [-0.4, -0.2) is 50.8 Å². The highest BCUT2D eigenvalue weighted by molar-refractivity contribution is 5.71. The fraction of sp³-hybridized carbons (Fsp3) is 0.400. The largest absolute Gasteiger partial charge is 0.493 e. The topological polar surface area (TPSA) is 50.8 Å². The second-order valence-electron chi connectivity index (χ2n) is 8.52. The molecular formula is C25H25F3N2O3. The van der Waals surface area contributed by atoms with Crippen LogP contribution in [0.15, 0.2) is 42.5 Å². The average Bonchev–Trinajstić information content (AvgIpc) is 3.22. The van der Waals surface area contributed by atoms with Crippen LogP contribution in [0, 0.1) is 17.3 Å². The minimum atomic E-state index is -4.54. The zero-order valence-electron chi connectivity index (χ0n) is 18.1. The molecule has 8 heteroatoms. The molecule has 1 spiro atoms. The maximum Gasteiger partial charge on any atom is 0.420 e. The van der Waals surface area contributed by atoms with Gasteiger partial charge in [-0.1, -0.05) is 11.8 Å². The van der Waals surface area contributed by atoms with E-state index in [0.29, 0.717) is 29.5 Å². The third-order valence-corrected chi connectivity index (χ3v) is 5.96. The van der Waals surface area contributed by atoms with Gasteiger partial charge >= 0.3 is 6.18 Å². The minimum absolute atomic E-state index is 0.178. The summed E-state index contributed by atoms with van der Waals surface area (Å²) in [5.74, 6) is 5.42. The second-order valence-corrected chi connectivity index (χ2v) is 8.52. The Kier molecular flexibility index (Phi) is 6.91. The van der Waals surface area contributed by atoms with E-state index < -0.39 is 11.7 Å². The van der Waals surface area contributed by atoms with Gasteiger partial charge in [0.2, 0.25) is 6.41 Å². The Labute approximate surface area is 190 Å². The average molecular weight is 458 g/mol. The van der Waals surface area contributed by atoms with Crippen LogP contribution >= 0.6 is 0 Å². The van der Waals surface area contributed by atoms with Crippen molar-refractivity contribution in [1.82, 2.24) is 4.90 Å². The lowest BCUT2D eigenvalue weighted by Gasteiger charge is -2.37. The maximum absolute atomic E-state index is 13.6. The molecule has 0 saturated carbocycles. The number of carbonyl (C=O) groups excluding carboxylic acids is 1. The Hall–Kier alpha value is -3.02. The van der Waals surface area contributed by atoms with Gasteiger partial charge in [-0.05, 0) is 61.9 Å². The molecule has 2 aromatic carbocycles. The molecule has 5 nitrogen and oxygen atoms in total. The molecule has 2 heterocycles. The highest BCUT2D eigenvalue weighted by Crippen LogP contribution is 2.38. The Bertz CT molecular complexity index is 1040. The van der Waals surface area contributed by atoms with Gasteiger partial charge in [0, 0.05) is 35.3 Å². The number of likely N-dealkylation sites (tertiary alicyclic amines) is 1. The van der Waals surface area contributed by atoms with Crippen LogP contribution in [0.3, 0.4) is 0 Å². The van der Waals surface area contributed by atoms with Crippen LogP contribution in [0.2, 0.25) is 0 Å². The number of halogens is 3. The van der Waals surface area contributed by atoms with E-state index in [9.17, 15) is 18.0 Å². The van der Waals surface area contributed by atoms with Crippen molar-refractivity contribution in [2.75, 3.05) is 44.8 Å². The lowest BCUT2D eigenvalue weighted by molar-refractivity contribution is -0.139. The van der Waals surface area contributed by atoms with E-state index in [0.717, 1.165) is 45.3 Å². The van der Waals surface area contributed by atoms with Crippen LogP contribution < -0.4 is 10.1 Å². The molecule has 2 aliphatic rings. The van der Waals surface area contributed by atoms with Crippen LogP contribution in [-0.2, 0) is 15.7 Å². The number of nitrogens with one attached hydrogen (secondary N) is 1. The molecule has 174 valence electrons. The molecule has 2 fully saturated rings. The normalized spacial score (nSPS) is 17.2. The van der Waals surface area contributed by atoms with E-state index in [1.165, 1.54) is 12.1 Å². The molecule has 0 atom stereocenters. The molecule has 0 aliphatic carbocycles. The molecule has 0 bridgehead atoms. The number of carbonyl (C=O) groups is 1. The number of hydrogen-bond donors (Lipinski definition) is 1. The molecule has 0 unspecified atom stereocenters. The van der Waals surface area contributed by atoms with E-state index in [2.05, 4.69) is 22.1 Å². The van der Waals surface area contributed by atoms with Gasteiger partial charge in [0.15, 0.2) is 0 Å². The van der Waals surface area contributed by atoms with Crippen LogP contribution in [0.1, 0.15) is 29.5 Å². The predicted octanol–water partition coefficient (Wildman–Crippen LogP) is 4.16. The highest BCUT2D eigenvalue weighted by atomic mass is 19.4. The van der Waals surface area contributed by atoms with Crippen LogP contribution in [0.4, 0.5) is 18.9 Å². The van der Waals surface area contributed by atoms with E-state index >= 15 is 0 Å². The summed E-state index contributed by atoms with van der Waals surface area (Å²) in [5.41, 5.74) is 0.951. The number of alkyl halides is 3. The smallest absolute Gasteiger partial charge is 0.420 e. The molecular weight excluding hydrogens is 433 g/mol. The van der Waals surface area contributed by atoms with Gasteiger partial charge in [-0.3, -0.25) is 4.79 Å². The zero-order chi connectivity index (χ0) is 23.3. The van der Waals surface area contributed by atoms with Gasteiger partial charge in [-0.2, -0.15) is 13.2 Å². The number of benzene rings is 2. The number of nitrogens with zero attached hydrogens (tertiary/aromatic N) is 1. The number of rotatable bonds is 7. The van der Waals surface area contributed by atoms with Gasteiger partial charge in [0.25, 0.3) is 0 Å². The molecule has 2 aliphatic heterocycles.